The largest absolute Gasteiger partial charge is 0.326 e. The molecule has 0 aliphatic heterocycles. The lowest BCUT2D eigenvalue weighted by Gasteiger charge is -2.08. The maximum atomic E-state index is 12.3. The minimum atomic E-state index is -3.46. The van der Waals surface area contributed by atoms with Gasteiger partial charge in [0.05, 0.1) is 4.90 Å². The second kappa shape index (κ2) is 6.70. The Kier molecular flexibility index (Phi) is 5.16. The third kappa shape index (κ3) is 3.91. The third-order valence-electron chi connectivity index (χ3n) is 3.36. The van der Waals surface area contributed by atoms with Crippen molar-refractivity contribution in [3.8, 4) is 0 Å². The van der Waals surface area contributed by atoms with Gasteiger partial charge >= 0.3 is 0 Å². The van der Waals surface area contributed by atoms with Gasteiger partial charge in [-0.15, -0.1) is 11.3 Å². The zero-order chi connectivity index (χ0) is 15.5. The summed E-state index contributed by atoms with van der Waals surface area (Å²) in [6.07, 6.45) is 0.679. The lowest BCUT2D eigenvalue weighted by atomic mass is 10.1. The van der Waals surface area contributed by atoms with Crippen LogP contribution in [-0.4, -0.2) is 15.0 Å². The highest BCUT2D eigenvalue weighted by molar-refractivity contribution is 7.89. The molecule has 6 heteroatoms. The molecule has 4 nitrogen and oxygen atoms in total. The van der Waals surface area contributed by atoms with Gasteiger partial charge in [-0.1, -0.05) is 24.3 Å². The molecule has 1 heterocycles. The first-order valence-electron chi connectivity index (χ1n) is 6.77. The molecule has 0 amide bonds. The van der Waals surface area contributed by atoms with Crippen LogP contribution in [0.15, 0.2) is 35.2 Å². The number of hydrogen-bond acceptors (Lipinski definition) is 4. The van der Waals surface area contributed by atoms with Crippen LogP contribution in [0.2, 0.25) is 0 Å². The van der Waals surface area contributed by atoms with Crippen molar-refractivity contribution in [3.63, 3.8) is 0 Å². The van der Waals surface area contributed by atoms with Gasteiger partial charge in [0.25, 0.3) is 0 Å². The maximum Gasteiger partial charge on any atom is 0.241 e. The number of hydrogen-bond donors (Lipinski definition) is 2. The Hall–Kier alpha value is -1.21. The Balaban J connectivity index is 2.05. The van der Waals surface area contributed by atoms with Gasteiger partial charge in [-0.3, -0.25) is 0 Å². The second-order valence-corrected chi connectivity index (χ2v) is 7.99. The van der Waals surface area contributed by atoms with Gasteiger partial charge in [-0.25, -0.2) is 13.1 Å². The standard InChI is InChI=1S/C15H20N2O2S2/c1-11-5-3-4-6-13(11)7-8-17-21(18,19)15-9-14(10-16)20-12(15)2/h3-6,9,17H,7-8,10,16H2,1-2H3. The molecule has 0 saturated heterocycles. The number of rotatable bonds is 6. The molecule has 114 valence electrons. The molecular formula is C15H20N2O2S2. The highest BCUT2D eigenvalue weighted by Crippen LogP contribution is 2.25. The molecule has 0 unspecified atom stereocenters. The van der Waals surface area contributed by atoms with Crippen LogP contribution >= 0.6 is 11.3 Å². The number of nitrogens with two attached hydrogens (primary N) is 1. The zero-order valence-electron chi connectivity index (χ0n) is 12.2. The Morgan fingerprint density at radius 3 is 2.57 bits per heavy atom. The van der Waals surface area contributed by atoms with E-state index in [9.17, 15) is 8.42 Å². The van der Waals surface area contributed by atoms with E-state index in [2.05, 4.69) is 4.72 Å². The van der Waals surface area contributed by atoms with Crippen molar-refractivity contribution in [2.75, 3.05) is 6.54 Å². The van der Waals surface area contributed by atoms with E-state index in [0.29, 0.717) is 24.4 Å². The van der Waals surface area contributed by atoms with E-state index in [1.54, 1.807) is 13.0 Å². The van der Waals surface area contributed by atoms with Crippen molar-refractivity contribution in [1.29, 1.82) is 0 Å². The summed E-state index contributed by atoms with van der Waals surface area (Å²) in [7, 11) is -3.46. The van der Waals surface area contributed by atoms with Crippen LogP contribution in [0.25, 0.3) is 0 Å². The van der Waals surface area contributed by atoms with Crippen LogP contribution in [0.4, 0.5) is 0 Å². The highest BCUT2D eigenvalue weighted by Gasteiger charge is 2.19. The van der Waals surface area contributed by atoms with Crippen LogP contribution in [0.5, 0.6) is 0 Å². The molecular weight excluding hydrogens is 304 g/mol. The topological polar surface area (TPSA) is 72.2 Å². The molecule has 3 N–H and O–H groups in total. The van der Waals surface area contributed by atoms with Gasteiger partial charge in [0.2, 0.25) is 10.0 Å². The molecule has 1 aromatic carbocycles. The normalized spacial score (nSPS) is 11.8. The van der Waals surface area contributed by atoms with Crippen molar-refractivity contribution >= 4 is 21.4 Å². The van der Waals surface area contributed by atoms with Crippen molar-refractivity contribution in [1.82, 2.24) is 4.72 Å². The van der Waals surface area contributed by atoms with Gasteiger partial charge in [0.1, 0.15) is 0 Å². The third-order valence-corrected chi connectivity index (χ3v) is 6.15. The van der Waals surface area contributed by atoms with E-state index in [1.807, 2.05) is 31.2 Å². The molecule has 0 radical (unpaired) electrons. The van der Waals surface area contributed by atoms with E-state index in [1.165, 1.54) is 16.9 Å². The fourth-order valence-electron chi connectivity index (χ4n) is 2.18. The smallest absolute Gasteiger partial charge is 0.241 e. The first-order valence-corrected chi connectivity index (χ1v) is 9.07. The Morgan fingerprint density at radius 2 is 1.95 bits per heavy atom. The minimum absolute atomic E-state index is 0.345. The molecule has 1 aromatic heterocycles. The maximum absolute atomic E-state index is 12.3. The molecule has 0 fully saturated rings. The monoisotopic (exact) mass is 324 g/mol. The van der Waals surface area contributed by atoms with Crippen LogP contribution in [0.3, 0.4) is 0 Å². The number of nitrogens with one attached hydrogen (secondary N) is 1. The summed E-state index contributed by atoms with van der Waals surface area (Å²) < 4.78 is 27.3. The molecule has 2 aromatic rings. The lowest BCUT2D eigenvalue weighted by Crippen LogP contribution is -2.26. The van der Waals surface area contributed by atoms with Crippen LogP contribution in [0.1, 0.15) is 20.9 Å². The summed E-state index contributed by atoms with van der Waals surface area (Å²) in [4.78, 5) is 2.00. The molecule has 0 aliphatic carbocycles. The Bertz CT molecular complexity index is 721. The van der Waals surface area contributed by atoms with E-state index in [4.69, 9.17) is 5.73 Å². The van der Waals surface area contributed by atoms with Crippen LogP contribution in [-0.2, 0) is 23.0 Å². The zero-order valence-corrected chi connectivity index (χ0v) is 13.9. The number of aryl methyl sites for hydroxylation is 2. The Morgan fingerprint density at radius 1 is 1.24 bits per heavy atom. The van der Waals surface area contributed by atoms with Crippen LogP contribution < -0.4 is 10.5 Å². The molecule has 0 atom stereocenters. The second-order valence-electron chi connectivity index (χ2n) is 4.91. The summed E-state index contributed by atoms with van der Waals surface area (Å²) in [6, 6.07) is 9.65. The molecule has 0 bridgehead atoms. The molecule has 0 aliphatic rings. The average molecular weight is 324 g/mol. The van der Waals surface area contributed by atoms with E-state index in [-0.39, 0.29) is 0 Å². The predicted octanol–water partition coefficient (Wildman–Crippen LogP) is 2.34. The lowest BCUT2D eigenvalue weighted by molar-refractivity contribution is 0.581. The molecule has 0 spiro atoms. The summed E-state index contributed by atoms with van der Waals surface area (Å²) in [5.41, 5.74) is 7.90. The summed E-state index contributed by atoms with van der Waals surface area (Å²) >= 11 is 1.43. The van der Waals surface area contributed by atoms with Gasteiger partial charge in [0, 0.05) is 22.8 Å². The fourth-order valence-corrected chi connectivity index (χ4v) is 4.72. The summed E-state index contributed by atoms with van der Waals surface area (Å²) in [5, 5.41) is 0. The first kappa shape index (κ1) is 16.2. The molecule has 0 saturated carbocycles. The molecule has 21 heavy (non-hydrogen) atoms. The Labute approximate surface area is 130 Å². The number of thiophene rings is 1. The molecule has 2 rings (SSSR count). The van der Waals surface area contributed by atoms with Crippen molar-refractivity contribution in [2.45, 2.75) is 31.7 Å². The first-order chi connectivity index (χ1) is 9.94. The number of benzene rings is 1. The van der Waals surface area contributed by atoms with Gasteiger partial charge < -0.3 is 5.73 Å². The van der Waals surface area contributed by atoms with Crippen molar-refractivity contribution in [3.05, 3.63) is 51.2 Å². The highest BCUT2D eigenvalue weighted by atomic mass is 32.2. The average Bonchev–Trinajstić information content (AvgIpc) is 2.83. The van der Waals surface area contributed by atoms with Gasteiger partial charge in [-0.2, -0.15) is 0 Å². The SMILES string of the molecule is Cc1ccccc1CCNS(=O)(=O)c1cc(CN)sc1C. The predicted molar refractivity (Wildman–Crippen MR) is 87.0 cm³/mol. The van der Waals surface area contributed by atoms with E-state index >= 15 is 0 Å². The summed E-state index contributed by atoms with van der Waals surface area (Å²) in [6.45, 7) is 4.59. The minimum Gasteiger partial charge on any atom is -0.326 e. The van der Waals surface area contributed by atoms with Crippen molar-refractivity contribution < 1.29 is 8.42 Å². The van der Waals surface area contributed by atoms with Gasteiger partial charge in [-0.05, 0) is 37.5 Å². The van der Waals surface area contributed by atoms with Crippen molar-refractivity contribution in [2.24, 2.45) is 5.73 Å². The van der Waals surface area contributed by atoms with Crippen LogP contribution in [0, 0.1) is 13.8 Å². The van der Waals surface area contributed by atoms with E-state index < -0.39 is 10.0 Å². The number of sulfonamides is 1. The van der Waals surface area contributed by atoms with Gasteiger partial charge in [0.15, 0.2) is 0 Å². The summed E-state index contributed by atoms with van der Waals surface area (Å²) in [5.74, 6) is 0. The van der Waals surface area contributed by atoms with E-state index in [0.717, 1.165) is 15.3 Å². The fraction of sp³-hybridized carbons (Fsp3) is 0.333. The quantitative estimate of drug-likeness (QED) is 0.857.